The summed E-state index contributed by atoms with van der Waals surface area (Å²) in [7, 11) is 1.70. The van der Waals surface area contributed by atoms with Crippen molar-refractivity contribution in [1.82, 2.24) is 4.98 Å². The molecule has 4 rings (SSSR count). The summed E-state index contributed by atoms with van der Waals surface area (Å²) in [4.78, 5) is 9.07. The van der Waals surface area contributed by atoms with Crippen LogP contribution in [0.25, 0.3) is 10.8 Å². The van der Waals surface area contributed by atoms with Crippen LogP contribution in [0, 0.1) is 0 Å². The second-order valence-corrected chi connectivity index (χ2v) is 6.60. The minimum Gasteiger partial charge on any atom is -0.496 e. The molecule has 2 heterocycles. The van der Waals surface area contributed by atoms with Gasteiger partial charge in [0.2, 0.25) is 0 Å². The highest BCUT2D eigenvalue weighted by molar-refractivity contribution is 6.30. The van der Waals surface area contributed by atoms with Crippen LogP contribution in [-0.2, 0) is 0 Å². The number of ether oxygens (including phenoxy) is 1. The van der Waals surface area contributed by atoms with Gasteiger partial charge >= 0.3 is 0 Å². The van der Waals surface area contributed by atoms with E-state index in [0.29, 0.717) is 0 Å². The van der Waals surface area contributed by atoms with Crippen molar-refractivity contribution in [3.05, 3.63) is 59.9 Å². The smallest absolute Gasteiger partial charge is 0.128 e. The normalized spacial score (nSPS) is 14.8. The van der Waals surface area contributed by atoms with E-state index in [1.807, 2.05) is 36.7 Å². The van der Waals surface area contributed by atoms with Crippen molar-refractivity contribution in [2.24, 2.45) is 0 Å². The largest absolute Gasteiger partial charge is 0.496 e. The van der Waals surface area contributed by atoms with Crippen molar-refractivity contribution in [3.8, 4) is 5.75 Å². The van der Waals surface area contributed by atoms with Crippen molar-refractivity contribution in [2.45, 2.75) is 0 Å². The number of piperazine rings is 1. The average molecular weight is 354 g/mol. The topological polar surface area (TPSA) is 28.6 Å². The Balaban J connectivity index is 1.58. The lowest BCUT2D eigenvalue weighted by Crippen LogP contribution is -2.46. The summed E-state index contributed by atoms with van der Waals surface area (Å²) in [5.41, 5.74) is 2.43. The summed E-state index contributed by atoms with van der Waals surface area (Å²) in [6, 6.07) is 14.3. The monoisotopic (exact) mass is 353 g/mol. The van der Waals surface area contributed by atoms with Crippen molar-refractivity contribution in [1.29, 1.82) is 0 Å². The number of fused-ring (bicyclic) bond motifs is 1. The summed E-state index contributed by atoms with van der Waals surface area (Å²) in [5.74, 6) is 0.865. The maximum atomic E-state index is 6.13. The molecule has 5 heteroatoms. The molecule has 25 heavy (non-hydrogen) atoms. The molecule has 0 radical (unpaired) electrons. The Morgan fingerprint density at radius 2 is 1.76 bits per heavy atom. The molecule has 4 nitrogen and oxygen atoms in total. The summed E-state index contributed by atoms with van der Waals surface area (Å²) in [6.07, 6.45) is 3.72. The Morgan fingerprint density at radius 1 is 0.960 bits per heavy atom. The molecule has 2 aromatic carbocycles. The number of hydrogen-bond donors (Lipinski definition) is 0. The lowest BCUT2D eigenvalue weighted by molar-refractivity contribution is 0.419. The highest BCUT2D eigenvalue weighted by Gasteiger charge is 2.20. The van der Waals surface area contributed by atoms with E-state index in [1.165, 1.54) is 16.8 Å². The summed E-state index contributed by atoms with van der Waals surface area (Å²) < 4.78 is 5.48. The zero-order chi connectivity index (χ0) is 17.2. The molecule has 0 unspecified atom stereocenters. The molecule has 0 atom stereocenters. The van der Waals surface area contributed by atoms with E-state index >= 15 is 0 Å². The first-order valence-corrected chi connectivity index (χ1v) is 8.80. The van der Waals surface area contributed by atoms with Crippen LogP contribution >= 0.6 is 11.6 Å². The van der Waals surface area contributed by atoms with E-state index in [-0.39, 0.29) is 0 Å². The van der Waals surface area contributed by atoms with Crippen LogP contribution in [0.3, 0.4) is 0 Å². The van der Waals surface area contributed by atoms with Gasteiger partial charge in [-0.25, -0.2) is 0 Å². The van der Waals surface area contributed by atoms with Gasteiger partial charge < -0.3 is 14.5 Å². The molecule has 1 aliphatic heterocycles. The van der Waals surface area contributed by atoms with Gasteiger partial charge in [-0.05, 0) is 36.4 Å². The van der Waals surface area contributed by atoms with Crippen molar-refractivity contribution in [3.63, 3.8) is 0 Å². The van der Waals surface area contributed by atoms with Crippen LogP contribution in [0.4, 0.5) is 11.4 Å². The minimum atomic E-state index is 0.786. The van der Waals surface area contributed by atoms with Gasteiger partial charge in [0.15, 0.2) is 0 Å². The van der Waals surface area contributed by atoms with Crippen molar-refractivity contribution < 1.29 is 4.74 Å². The number of benzene rings is 2. The third-order valence-corrected chi connectivity index (χ3v) is 5.00. The van der Waals surface area contributed by atoms with Crippen molar-refractivity contribution in [2.75, 3.05) is 43.1 Å². The fourth-order valence-corrected chi connectivity index (χ4v) is 3.66. The molecule has 1 fully saturated rings. The number of rotatable bonds is 3. The van der Waals surface area contributed by atoms with Crippen LogP contribution in [0.5, 0.6) is 5.75 Å². The Labute approximate surface area is 152 Å². The summed E-state index contributed by atoms with van der Waals surface area (Å²) in [5, 5.41) is 3.03. The number of pyridine rings is 1. The number of hydrogen-bond acceptors (Lipinski definition) is 4. The van der Waals surface area contributed by atoms with Gasteiger partial charge in [0.25, 0.3) is 0 Å². The predicted molar refractivity (Wildman–Crippen MR) is 104 cm³/mol. The van der Waals surface area contributed by atoms with E-state index in [0.717, 1.165) is 42.3 Å². The van der Waals surface area contributed by atoms with Crippen LogP contribution in [-0.4, -0.2) is 38.3 Å². The first-order valence-electron chi connectivity index (χ1n) is 8.42. The maximum absolute atomic E-state index is 6.13. The number of anilines is 2. The first kappa shape index (κ1) is 16.0. The van der Waals surface area contributed by atoms with Gasteiger partial charge in [-0.1, -0.05) is 17.7 Å². The molecule has 1 aliphatic rings. The molecular weight excluding hydrogens is 334 g/mol. The third-order valence-electron chi connectivity index (χ3n) is 4.77. The van der Waals surface area contributed by atoms with E-state index in [2.05, 4.69) is 33.0 Å². The van der Waals surface area contributed by atoms with E-state index < -0.39 is 0 Å². The van der Waals surface area contributed by atoms with E-state index in [9.17, 15) is 0 Å². The van der Waals surface area contributed by atoms with E-state index in [1.54, 1.807) is 7.11 Å². The maximum Gasteiger partial charge on any atom is 0.128 e. The lowest BCUT2D eigenvalue weighted by Gasteiger charge is -2.38. The second kappa shape index (κ2) is 6.81. The van der Waals surface area contributed by atoms with Crippen LogP contribution in [0.15, 0.2) is 54.9 Å². The van der Waals surface area contributed by atoms with Crippen LogP contribution in [0.2, 0.25) is 5.02 Å². The predicted octanol–water partition coefficient (Wildman–Crippen LogP) is 4.22. The number of nitrogens with zero attached hydrogens (tertiary/aromatic N) is 3. The first-order chi connectivity index (χ1) is 12.3. The molecule has 0 bridgehead atoms. The SMILES string of the molecule is COc1ccc(N2CCN(c3cccc(Cl)c3)CC2)c2ccncc12. The molecule has 0 N–H and O–H groups in total. The highest BCUT2D eigenvalue weighted by Crippen LogP contribution is 2.33. The highest BCUT2D eigenvalue weighted by atomic mass is 35.5. The molecule has 0 saturated carbocycles. The number of methoxy groups -OCH3 is 1. The quantitative estimate of drug-likeness (QED) is 0.704. The molecule has 1 aromatic heterocycles. The van der Waals surface area contributed by atoms with Gasteiger partial charge in [0, 0.05) is 65.7 Å². The van der Waals surface area contributed by atoms with Gasteiger partial charge in [0.05, 0.1) is 7.11 Å². The summed E-state index contributed by atoms with van der Waals surface area (Å²) in [6.45, 7) is 3.88. The minimum absolute atomic E-state index is 0.786. The van der Waals surface area contributed by atoms with Crippen molar-refractivity contribution >= 4 is 33.7 Å². The fourth-order valence-electron chi connectivity index (χ4n) is 3.48. The lowest BCUT2D eigenvalue weighted by atomic mass is 10.1. The molecule has 3 aromatic rings. The standard InChI is InChI=1S/C20H20ClN3O/c1-25-20-6-5-19(17-7-8-22-14-18(17)20)24-11-9-23(10-12-24)16-4-2-3-15(21)13-16/h2-8,13-14H,9-12H2,1H3. The van der Waals surface area contributed by atoms with Gasteiger partial charge in [-0.3, -0.25) is 4.98 Å². The molecule has 128 valence electrons. The molecular formula is C20H20ClN3O. The zero-order valence-corrected chi connectivity index (χ0v) is 14.9. The van der Waals surface area contributed by atoms with Gasteiger partial charge in [-0.2, -0.15) is 0 Å². The Kier molecular flexibility index (Phi) is 4.36. The Bertz CT molecular complexity index is 891. The Morgan fingerprint density at radius 3 is 2.52 bits per heavy atom. The average Bonchev–Trinajstić information content (AvgIpc) is 2.67. The number of aromatic nitrogens is 1. The number of halogens is 1. The van der Waals surface area contributed by atoms with Crippen LogP contribution in [0.1, 0.15) is 0 Å². The molecule has 1 saturated heterocycles. The Hall–Kier alpha value is -2.46. The van der Waals surface area contributed by atoms with E-state index in [4.69, 9.17) is 16.3 Å². The van der Waals surface area contributed by atoms with Gasteiger partial charge in [-0.15, -0.1) is 0 Å². The third kappa shape index (κ3) is 3.10. The summed E-state index contributed by atoms with van der Waals surface area (Å²) >= 11 is 6.13. The molecule has 0 aliphatic carbocycles. The molecule has 0 amide bonds. The van der Waals surface area contributed by atoms with Crippen LogP contribution < -0.4 is 14.5 Å². The fraction of sp³-hybridized carbons (Fsp3) is 0.250. The molecule has 0 spiro atoms. The second-order valence-electron chi connectivity index (χ2n) is 6.16. The zero-order valence-electron chi connectivity index (χ0n) is 14.2. The van der Waals surface area contributed by atoms with Gasteiger partial charge in [0.1, 0.15) is 5.75 Å².